The summed E-state index contributed by atoms with van der Waals surface area (Å²) in [6.45, 7) is 0. The number of nitrogens with zero attached hydrogens (tertiary/aromatic N) is 3. The third-order valence-corrected chi connectivity index (χ3v) is 2.44. The van der Waals surface area contributed by atoms with Crippen LogP contribution in [-0.4, -0.2) is 22.9 Å². The molecule has 2 aromatic heterocycles. The number of nitrogen functional groups attached to an aromatic ring is 1. The number of rotatable bonds is 2. The summed E-state index contributed by atoms with van der Waals surface area (Å²) in [5.74, 6) is -1.21. The number of amides is 1. The molecule has 0 aliphatic rings. The summed E-state index contributed by atoms with van der Waals surface area (Å²) < 4.78 is 13.7. The molecule has 2 N–H and O–H groups in total. The van der Waals surface area contributed by atoms with Gasteiger partial charge in [0.2, 0.25) is 0 Å². The quantitative estimate of drug-likeness (QED) is 0.871. The molecule has 0 fully saturated rings. The molecular formula is C12H11FN4O. The predicted molar refractivity (Wildman–Crippen MR) is 65.6 cm³/mol. The van der Waals surface area contributed by atoms with Crippen LogP contribution in [-0.2, 0) is 0 Å². The van der Waals surface area contributed by atoms with Gasteiger partial charge in [0, 0.05) is 19.4 Å². The molecule has 2 rings (SSSR count). The van der Waals surface area contributed by atoms with Gasteiger partial charge in [0.15, 0.2) is 11.6 Å². The average molecular weight is 246 g/mol. The van der Waals surface area contributed by atoms with Crippen LogP contribution in [0.25, 0.3) is 0 Å². The Bertz CT molecular complexity index is 574. The van der Waals surface area contributed by atoms with Crippen molar-refractivity contribution in [3.05, 3.63) is 48.0 Å². The highest BCUT2D eigenvalue weighted by atomic mass is 19.1. The fraction of sp³-hybridized carbons (Fsp3) is 0.0833. The average Bonchev–Trinajstić information content (AvgIpc) is 2.41. The maximum atomic E-state index is 13.7. The first kappa shape index (κ1) is 12.0. The van der Waals surface area contributed by atoms with Crippen LogP contribution in [0.1, 0.15) is 10.4 Å². The molecule has 1 amide bonds. The maximum absolute atomic E-state index is 13.7. The summed E-state index contributed by atoms with van der Waals surface area (Å²) in [5.41, 5.74) is 5.20. The standard InChI is InChI=1S/C12H11FN4O/c1-17(9-4-2-3-6-15-9)12(18)8-5-7-16-11(14)10(8)13/h2-7H,1H3,(H2,14,16). The second kappa shape index (κ2) is 4.79. The molecule has 6 heteroatoms. The van der Waals surface area contributed by atoms with Gasteiger partial charge < -0.3 is 5.73 Å². The van der Waals surface area contributed by atoms with Gasteiger partial charge in [0.05, 0.1) is 5.56 Å². The summed E-state index contributed by atoms with van der Waals surface area (Å²) in [4.78, 5) is 20.9. The van der Waals surface area contributed by atoms with Crippen LogP contribution in [0, 0.1) is 5.82 Å². The first-order valence-corrected chi connectivity index (χ1v) is 5.20. The Balaban J connectivity index is 2.35. The van der Waals surface area contributed by atoms with E-state index in [4.69, 9.17) is 5.73 Å². The highest BCUT2D eigenvalue weighted by molar-refractivity contribution is 6.05. The van der Waals surface area contributed by atoms with E-state index in [9.17, 15) is 9.18 Å². The van der Waals surface area contributed by atoms with E-state index in [0.29, 0.717) is 5.82 Å². The predicted octanol–water partition coefficient (Wildman–Crippen LogP) is 1.47. The number of aromatic nitrogens is 2. The molecule has 0 unspecified atom stereocenters. The van der Waals surface area contributed by atoms with E-state index < -0.39 is 11.7 Å². The van der Waals surface area contributed by atoms with E-state index in [1.807, 2.05) is 0 Å². The number of carbonyl (C=O) groups is 1. The van der Waals surface area contributed by atoms with Crippen molar-refractivity contribution in [2.75, 3.05) is 17.7 Å². The second-order valence-electron chi connectivity index (χ2n) is 3.61. The van der Waals surface area contributed by atoms with Crippen LogP contribution in [0.2, 0.25) is 0 Å². The molecule has 0 saturated carbocycles. The van der Waals surface area contributed by atoms with Crippen LogP contribution in [0.3, 0.4) is 0 Å². The van der Waals surface area contributed by atoms with Crippen molar-refractivity contribution in [2.45, 2.75) is 0 Å². The Kier molecular flexibility index (Phi) is 3.18. The van der Waals surface area contributed by atoms with Gasteiger partial charge in [0.1, 0.15) is 5.82 Å². The Morgan fingerprint density at radius 3 is 2.72 bits per heavy atom. The molecule has 2 aromatic rings. The topological polar surface area (TPSA) is 72.1 Å². The number of hydrogen-bond acceptors (Lipinski definition) is 4. The van der Waals surface area contributed by atoms with E-state index in [-0.39, 0.29) is 11.4 Å². The molecule has 0 atom stereocenters. The molecule has 0 radical (unpaired) electrons. The Labute approximate surface area is 103 Å². The lowest BCUT2D eigenvalue weighted by molar-refractivity contribution is 0.0988. The summed E-state index contributed by atoms with van der Waals surface area (Å²) in [6, 6.07) is 6.41. The van der Waals surface area contributed by atoms with Crippen LogP contribution < -0.4 is 10.6 Å². The minimum absolute atomic E-state index is 0.129. The lowest BCUT2D eigenvalue weighted by atomic mass is 10.2. The van der Waals surface area contributed by atoms with Crippen molar-refractivity contribution >= 4 is 17.5 Å². The SMILES string of the molecule is CN(C(=O)c1ccnc(N)c1F)c1ccccn1. The van der Waals surface area contributed by atoms with Gasteiger partial charge >= 0.3 is 0 Å². The zero-order valence-corrected chi connectivity index (χ0v) is 9.67. The summed E-state index contributed by atoms with van der Waals surface area (Å²) in [5, 5.41) is 0. The van der Waals surface area contributed by atoms with Gasteiger partial charge in [-0.15, -0.1) is 0 Å². The number of carbonyl (C=O) groups excluding carboxylic acids is 1. The summed E-state index contributed by atoms with van der Waals surface area (Å²) >= 11 is 0. The molecule has 2 heterocycles. The normalized spacial score (nSPS) is 10.1. The van der Waals surface area contributed by atoms with Gasteiger partial charge in [-0.05, 0) is 18.2 Å². The van der Waals surface area contributed by atoms with Gasteiger partial charge in [-0.3, -0.25) is 9.69 Å². The van der Waals surface area contributed by atoms with Crippen molar-refractivity contribution in [3.8, 4) is 0 Å². The first-order chi connectivity index (χ1) is 8.61. The molecule has 0 aliphatic heterocycles. The number of pyridine rings is 2. The molecule has 18 heavy (non-hydrogen) atoms. The number of hydrogen-bond donors (Lipinski definition) is 1. The molecule has 0 aliphatic carbocycles. The van der Waals surface area contributed by atoms with Gasteiger partial charge in [-0.1, -0.05) is 6.07 Å². The number of nitrogens with two attached hydrogens (primary N) is 1. The highest BCUT2D eigenvalue weighted by Crippen LogP contribution is 2.16. The summed E-state index contributed by atoms with van der Waals surface area (Å²) in [7, 11) is 1.51. The van der Waals surface area contributed by atoms with Gasteiger partial charge in [-0.25, -0.2) is 14.4 Å². The molecule has 0 bridgehead atoms. The van der Waals surface area contributed by atoms with Crippen molar-refractivity contribution in [2.24, 2.45) is 0 Å². The van der Waals surface area contributed by atoms with Crippen LogP contribution in [0.5, 0.6) is 0 Å². The van der Waals surface area contributed by atoms with Crippen molar-refractivity contribution < 1.29 is 9.18 Å². The Morgan fingerprint density at radius 1 is 1.28 bits per heavy atom. The minimum Gasteiger partial charge on any atom is -0.381 e. The zero-order valence-electron chi connectivity index (χ0n) is 9.67. The third kappa shape index (κ3) is 2.13. The number of halogens is 1. The zero-order chi connectivity index (χ0) is 13.1. The second-order valence-corrected chi connectivity index (χ2v) is 3.61. The van der Waals surface area contributed by atoms with Crippen molar-refractivity contribution in [1.82, 2.24) is 9.97 Å². The summed E-state index contributed by atoms with van der Waals surface area (Å²) in [6.07, 6.45) is 2.84. The lowest BCUT2D eigenvalue weighted by Crippen LogP contribution is -2.28. The molecule has 0 saturated heterocycles. The van der Waals surface area contributed by atoms with Crippen molar-refractivity contribution in [1.29, 1.82) is 0 Å². The minimum atomic E-state index is -0.815. The maximum Gasteiger partial charge on any atom is 0.262 e. The molecule has 0 aromatic carbocycles. The fourth-order valence-corrected chi connectivity index (χ4v) is 1.46. The molecular weight excluding hydrogens is 235 g/mol. The number of anilines is 2. The van der Waals surface area contributed by atoms with Crippen molar-refractivity contribution in [3.63, 3.8) is 0 Å². The van der Waals surface area contributed by atoms with E-state index in [1.54, 1.807) is 24.4 Å². The van der Waals surface area contributed by atoms with Crippen LogP contribution >= 0.6 is 0 Å². The third-order valence-electron chi connectivity index (χ3n) is 2.44. The molecule has 92 valence electrons. The molecule has 5 nitrogen and oxygen atoms in total. The smallest absolute Gasteiger partial charge is 0.262 e. The largest absolute Gasteiger partial charge is 0.381 e. The van der Waals surface area contributed by atoms with Gasteiger partial charge in [-0.2, -0.15) is 0 Å². The first-order valence-electron chi connectivity index (χ1n) is 5.20. The Morgan fingerprint density at radius 2 is 2.06 bits per heavy atom. The highest BCUT2D eigenvalue weighted by Gasteiger charge is 2.19. The van der Waals surface area contributed by atoms with Crippen LogP contribution in [0.4, 0.5) is 16.0 Å². The van der Waals surface area contributed by atoms with E-state index in [0.717, 1.165) is 0 Å². The van der Waals surface area contributed by atoms with E-state index >= 15 is 0 Å². The molecule has 0 spiro atoms. The fourth-order valence-electron chi connectivity index (χ4n) is 1.46. The Hall–Kier alpha value is -2.50. The van der Waals surface area contributed by atoms with Crippen LogP contribution in [0.15, 0.2) is 36.7 Å². The lowest BCUT2D eigenvalue weighted by Gasteiger charge is -2.16. The van der Waals surface area contributed by atoms with E-state index in [1.165, 1.54) is 24.2 Å². The van der Waals surface area contributed by atoms with E-state index in [2.05, 4.69) is 9.97 Å². The monoisotopic (exact) mass is 246 g/mol. The van der Waals surface area contributed by atoms with Gasteiger partial charge in [0.25, 0.3) is 5.91 Å².